The molecule has 0 saturated heterocycles. The van der Waals surface area contributed by atoms with Crippen LogP contribution < -0.4 is 0 Å². The highest BCUT2D eigenvalue weighted by Crippen LogP contribution is 2.21. The average Bonchev–Trinajstić information content (AvgIpc) is 2.45. The average molecular weight is 326 g/mol. The highest BCUT2D eigenvalue weighted by molar-refractivity contribution is 6.48. The Hall–Kier alpha value is -2.43. The van der Waals surface area contributed by atoms with Crippen molar-refractivity contribution in [1.29, 1.82) is 0 Å². The molecule has 0 saturated carbocycles. The van der Waals surface area contributed by atoms with Crippen LogP contribution in [0.15, 0.2) is 48.5 Å². The first-order chi connectivity index (χ1) is 10.7. The number of phenolic OH excluding ortho intramolecular Hbond substituents is 4. The zero-order valence-corrected chi connectivity index (χ0v) is 11.8. The molecule has 0 bridgehead atoms. The Morgan fingerprint density at radius 1 is 0.522 bits per heavy atom. The molecule has 124 valence electrons. The third-order valence-electron chi connectivity index (χ3n) is 2.01. The van der Waals surface area contributed by atoms with Crippen LogP contribution in [0.1, 0.15) is 0 Å². The number of hydrogen-bond donors (Lipinski definition) is 8. The van der Waals surface area contributed by atoms with Crippen LogP contribution in [-0.4, -0.2) is 55.2 Å². The van der Waals surface area contributed by atoms with Crippen molar-refractivity contribution in [2.24, 2.45) is 0 Å². The highest BCUT2D eigenvalue weighted by atomic mass is 16.7. The Bertz CT molecular complexity index is 474. The molecule has 0 aliphatic carbocycles. The second kappa shape index (κ2) is 11.2. The summed E-state index contributed by atoms with van der Waals surface area (Å²) >= 11 is 0. The first-order valence-electron chi connectivity index (χ1n) is 6.05. The summed E-state index contributed by atoms with van der Waals surface area (Å²) in [5.74, 6) is -0.306. The molecular weight excluding hydrogens is 310 g/mol. The van der Waals surface area contributed by atoms with E-state index in [0.29, 0.717) is 0 Å². The van der Waals surface area contributed by atoms with Gasteiger partial charge in [0.05, 0.1) is 0 Å². The van der Waals surface area contributed by atoms with Crippen molar-refractivity contribution in [2.45, 2.75) is 0 Å². The lowest BCUT2D eigenvalue weighted by molar-refractivity contribution is 0.213. The lowest BCUT2D eigenvalue weighted by Crippen LogP contribution is -2.28. The van der Waals surface area contributed by atoms with Crippen molar-refractivity contribution in [3.8, 4) is 23.0 Å². The van der Waals surface area contributed by atoms with Crippen LogP contribution in [0, 0.1) is 0 Å². The van der Waals surface area contributed by atoms with Gasteiger partial charge in [-0.3, -0.25) is 0 Å². The highest BCUT2D eigenvalue weighted by Gasteiger charge is 2.18. The summed E-state index contributed by atoms with van der Waals surface area (Å²) in [5, 5.41) is 65.6. The lowest BCUT2D eigenvalue weighted by Gasteiger charge is -1.95. The maximum atomic E-state index is 8.67. The molecule has 0 radical (unpaired) electrons. The number of benzene rings is 2. The van der Waals surface area contributed by atoms with E-state index in [9.17, 15) is 0 Å². The van der Waals surface area contributed by atoms with E-state index < -0.39 is 14.6 Å². The van der Waals surface area contributed by atoms with Crippen LogP contribution in [0.5, 0.6) is 23.0 Å². The number of phenols is 4. The van der Waals surface area contributed by atoms with E-state index in [0.717, 1.165) is 0 Å². The number of rotatable bonds is 2. The summed E-state index contributed by atoms with van der Waals surface area (Å²) in [7, 11) is -4.25. The monoisotopic (exact) mass is 326 g/mol. The molecule has 9 nitrogen and oxygen atoms in total. The van der Waals surface area contributed by atoms with Crippen molar-refractivity contribution < 1.29 is 45.1 Å². The number of aromatic hydroxyl groups is 4. The van der Waals surface area contributed by atoms with Crippen molar-refractivity contribution in [2.75, 3.05) is 0 Å². The summed E-state index contributed by atoms with van der Waals surface area (Å²) < 4.78 is 3.47. The topological polar surface area (TPSA) is 171 Å². The van der Waals surface area contributed by atoms with Crippen LogP contribution >= 0.6 is 0 Å². The van der Waals surface area contributed by atoms with Crippen molar-refractivity contribution in [3.63, 3.8) is 0 Å². The van der Waals surface area contributed by atoms with Crippen LogP contribution in [0.4, 0.5) is 0 Å². The van der Waals surface area contributed by atoms with E-state index in [1.165, 1.54) is 24.3 Å². The van der Waals surface area contributed by atoms with E-state index in [-0.39, 0.29) is 23.0 Å². The van der Waals surface area contributed by atoms with Gasteiger partial charge in [-0.15, -0.1) is 0 Å². The van der Waals surface area contributed by atoms with E-state index in [4.69, 9.17) is 40.5 Å². The summed E-state index contributed by atoms with van der Waals surface area (Å²) in [6.45, 7) is 0. The molecule has 0 aliphatic rings. The normalized spacial score (nSPS) is 8.87. The van der Waals surface area contributed by atoms with Gasteiger partial charge in [-0.2, -0.15) is 0 Å². The molecule has 0 spiro atoms. The van der Waals surface area contributed by atoms with Gasteiger partial charge in [0.2, 0.25) is 0 Å². The standard InChI is InChI=1S/2C6H6O2.B2H4O5/c2*7-5-3-1-2-4-6(5)8;3-1(4)7-2(5)6/h2*1-4,7-8H;3-6H. The van der Waals surface area contributed by atoms with Crippen molar-refractivity contribution >= 4 is 14.6 Å². The molecule has 0 atom stereocenters. The summed E-state index contributed by atoms with van der Waals surface area (Å²) in [5.41, 5.74) is 0. The van der Waals surface area contributed by atoms with Gasteiger partial charge in [0.1, 0.15) is 0 Å². The first kappa shape index (κ1) is 20.6. The van der Waals surface area contributed by atoms with Gasteiger partial charge >= 0.3 is 14.6 Å². The second-order valence-electron chi connectivity index (χ2n) is 3.77. The number of hydrogen-bond acceptors (Lipinski definition) is 9. The molecule has 0 aromatic heterocycles. The third-order valence-corrected chi connectivity index (χ3v) is 2.01. The predicted molar refractivity (Wildman–Crippen MR) is 81.0 cm³/mol. The molecule has 0 aliphatic heterocycles. The molecule has 23 heavy (non-hydrogen) atoms. The van der Waals surface area contributed by atoms with Crippen molar-refractivity contribution in [3.05, 3.63) is 48.5 Å². The van der Waals surface area contributed by atoms with Gasteiger partial charge in [0.25, 0.3) is 0 Å². The fourth-order valence-corrected chi connectivity index (χ4v) is 1.04. The number of para-hydroxylation sites is 4. The van der Waals surface area contributed by atoms with Gasteiger partial charge in [-0.05, 0) is 24.3 Å². The summed E-state index contributed by atoms with van der Waals surface area (Å²) in [6, 6.07) is 12.3. The van der Waals surface area contributed by atoms with Crippen LogP contribution in [-0.2, 0) is 4.57 Å². The Labute approximate surface area is 132 Å². The van der Waals surface area contributed by atoms with Crippen LogP contribution in [0.2, 0.25) is 0 Å². The van der Waals surface area contributed by atoms with E-state index in [1.54, 1.807) is 24.3 Å². The van der Waals surface area contributed by atoms with Gasteiger partial charge in [0, 0.05) is 0 Å². The van der Waals surface area contributed by atoms with Crippen molar-refractivity contribution in [1.82, 2.24) is 0 Å². The maximum Gasteiger partial charge on any atom is 0.621 e. The van der Waals surface area contributed by atoms with E-state index in [2.05, 4.69) is 4.57 Å². The second-order valence-corrected chi connectivity index (χ2v) is 3.77. The largest absolute Gasteiger partial charge is 0.621 e. The molecule has 2 aromatic carbocycles. The third kappa shape index (κ3) is 10.9. The molecule has 2 aromatic rings. The minimum atomic E-state index is -2.13. The SMILES string of the molecule is OB(O)OB(O)O.Oc1ccccc1O.Oc1ccccc1O. The van der Waals surface area contributed by atoms with Gasteiger partial charge in [0.15, 0.2) is 23.0 Å². The zero-order valence-electron chi connectivity index (χ0n) is 11.8. The molecule has 2 rings (SSSR count). The van der Waals surface area contributed by atoms with Crippen LogP contribution in [0.3, 0.4) is 0 Å². The van der Waals surface area contributed by atoms with Crippen LogP contribution in [0.25, 0.3) is 0 Å². The smallest absolute Gasteiger partial charge is 0.504 e. The Morgan fingerprint density at radius 3 is 0.826 bits per heavy atom. The summed E-state index contributed by atoms with van der Waals surface area (Å²) in [4.78, 5) is 0. The lowest BCUT2D eigenvalue weighted by atomic mass is 10.1. The molecular formula is C12H16B2O9. The van der Waals surface area contributed by atoms with Gasteiger partial charge < -0.3 is 45.1 Å². The minimum absolute atomic E-state index is 0.0764. The Morgan fingerprint density at radius 2 is 0.739 bits per heavy atom. The zero-order chi connectivity index (χ0) is 17.8. The Kier molecular flexibility index (Phi) is 10.00. The molecule has 0 unspecified atom stereocenters. The fourth-order valence-electron chi connectivity index (χ4n) is 1.04. The Balaban J connectivity index is 0.000000317. The van der Waals surface area contributed by atoms with Gasteiger partial charge in [-0.1, -0.05) is 24.3 Å². The molecule has 11 heteroatoms. The first-order valence-corrected chi connectivity index (χ1v) is 6.05. The maximum absolute atomic E-state index is 8.67. The predicted octanol–water partition coefficient (Wildman–Crippen LogP) is -0.862. The quantitative estimate of drug-likeness (QED) is 0.258. The van der Waals surface area contributed by atoms with E-state index in [1.807, 2.05) is 0 Å². The summed E-state index contributed by atoms with van der Waals surface area (Å²) in [6.07, 6.45) is 0. The molecule has 0 amide bonds. The molecule has 0 heterocycles. The van der Waals surface area contributed by atoms with Gasteiger partial charge in [-0.25, -0.2) is 0 Å². The fraction of sp³-hybridized carbons (Fsp3) is 0. The molecule has 8 N–H and O–H groups in total. The molecule has 0 fully saturated rings. The minimum Gasteiger partial charge on any atom is -0.504 e. The van der Waals surface area contributed by atoms with E-state index >= 15 is 0 Å².